The number of carbonyl (C=O) groups is 2. The van der Waals surface area contributed by atoms with Crippen molar-refractivity contribution in [1.29, 1.82) is 0 Å². The molecule has 1 fully saturated rings. The summed E-state index contributed by atoms with van der Waals surface area (Å²) in [6.07, 6.45) is 3.85. The Kier molecular flexibility index (Phi) is 9.24. The van der Waals surface area contributed by atoms with Crippen molar-refractivity contribution in [2.75, 3.05) is 10.8 Å². The van der Waals surface area contributed by atoms with Gasteiger partial charge in [0.1, 0.15) is 18.4 Å². The molecular weight excluding hydrogens is 541 g/mol. The first-order valence-corrected chi connectivity index (χ1v) is 14.6. The molecule has 0 aromatic heterocycles. The zero-order valence-electron chi connectivity index (χ0n) is 21.6. The third-order valence-electron chi connectivity index (χ3n) is 6.86. The summed E-state index contributed by atoms with van der Waals surface area (Å²) < 4.78 is 42.0. The molecule has 0 heterocycles. The van der Waals surface area contributed by atoms with Gasteiger partial charge in [-0.05, 0) is 73.9 Å². The SMILES string of the molecule is C[C@@H](C(=O)NC1CCCC1)N(Cc1ccc(Cl)cc1)C(=O)CN(c1ccc(F)cc1)S(=O)(=O)c1ccccc1. The molecule has 1 N–H and O–H groups in total. The van der Waals surface area contributed by atoms with Gasteiger partial charge in [-0.15, -0.1) is 0 Å². The first kappa shape index (κ1) is 28.6. The molecule has 10 heteroatoms. The van der Waals surface area contributed by atoms with Crippen LogP contribution in [0.3, 0.4) is 0 Å². The van der Waals surface area contributed by atoms with Crippen LogP contribution < -0.4 is 9.62 Å². The summed E-state index contributed by atoms with van der Waals surface area (Å²) in [7, 11) is -4.19. The maximum atomic E-state index is 13.9. The molecule has 1 atom stereocenters. The van der Waals surface area contributed by atoms with Crippen molar-refractivity contribution < 1.29 is 22.4 Å². The summed E-state index contributed by atoms with van der Waals surface area (Å²) >= 11 is 6.03. The van der Waals surface area contributed by atoms with Crippen LogP contribution in [0.1, 0.15) is 38.2 Å². The fourth-order valence-corrected chi connectivity index (χ4v) is 6.18. The van der Waals surface area contributed by atoms with E-state index in [1.807, 2.05) is 0 Å². The van der Waals surface area contributed by atoms with E-state index in [1.165, 1.54) is 29.2 Å². The quantitative estimate of drug-likeness (QED) is 0.365. The molecule has 0 unspecified atom stereocenters. The number of amides is 2. The zero-order valence-corrected chi connectivity index (χ0v) is 23.2. The Bertz CT molecular complexity index is 1380. The van der Waals surface area contributed by atoms with Crippen molar-refractivity contribution in [2.24, 2.45) is 0 Å². The molecule has 2 amide bonds. The first-order valence-electron chi connectivity index (χ1n) is 12.8. The smallest absolute Gasteiger partial charge is 0.264 e. The largest absolute Gasteiger partial charge is 0.352 e. The average molecular weight is 572 g/mol. The molecule has 39 heavy (non-hydrogen) atoms. The van der Waals surface area contributed by atoms with Gasteiger partial charge in [0.2, 0.25) is 11.8 Å². The highest BCUT2D eigenvalue weighted by molar-refractivity contribution is 7.92. The summed E-state index contributed by atoms with van der Waals surface area (Å²) in [5.41, 5.74) is 0.857. The number of anilines is 1. The van der Waals surface area contributed by atoms with Crippen LogP contribution in [0.25, 0.3) is 0 Å². The molecular formula is C29H31ClFN3O4S. The molecule has 3 aromatic rings. The van der Waals surface area contributed by atoms with E-state index in [2.05, 4.69) is 5.32 Å². The maximum absolute atomic E-state index is 13.9. The highest BCUT2D eigenvalue weighted by Gasteiger charge is 2.33. The van der Waals surface area contributed by atoms with Crippen molar-refractivity contribution >= 4 is 39.1 Å². The highest BCUT2D eigenvalue weighted by atomic mass is 35.5. The van der Waals surface area contributed by atoms with Crippen LogP contribution in [0.15, 0.2) is 83.8 Å². The molecule has 0 aliphatic heterocycles. The molecule has 0 spiro atoms. The molecule has 206 valence electrons. The van der Waals surface area contributed by atoms with E-state index in [-0.39, 0.29) is 29.1 Å². The average Bonchev–Trinajstić information content (AvgIpc) is 3.45. The van der Waals surface area contributed by atoms with E-state index < -0.39 is 34.3 Å². The standard InChI is InChI=1S/C29H31ClFN3O4S/c1-21(29(36)32-25-7-5-6-8-25)33(19-22-11-13-23(30)14-12-22)28(35)20-34(26-17-15-24(31)16-18-26)39(37,38)27-9-3-2-4-10-27/h2-4,9-18,21,25H,5-8,19-20H2,1H3,(H,32,36)/t21-/m0/s1. The van der Waals surface area contributed by atoms with Crippen molar-refractivity contribution in [3.05, 3.63) is 95.3 Å². The van der Waals surface area contributed by atoms with Crippen molar-refractivity contribution in [3.8, 4) is 0 Å². The minimum Gasteiger partial charge on any atom is -0.352 e. The van der Waals surface area contributed by atoms with Gasteiger partial charge in [-0.2, -0.15) is 0 Å². The molecule has 1 aliphatic rings. The maximum Gasteiger partial charge on any atom is 0.264 e. The van der Waals surface area contributed by atoms with E-state index in [4.69, 9.17) is 11.6 Å². The lowest BCUT2D eigenvalue weighted by atomic mass is 10.1. The molecule has 3 aromatic carbocycles. The highest BCUT2D eigenvalue weighted by Crippen LogP contribution is 2.25. The Balaban J connectivity index is 1.66. The predicted molar refractivity (Wildman–Crippen MR) is 149 cm³/mol. The van der Waals surface area contributed by atoms with Crippen LogP contribution >= 0.6 is 11.6 Å². The number of sulfonamides is 1. The van der Waals surface area contributed by atoms with Crippen LogP contribution in [-0.4, -0.2) is 43.8 Å². The van der Waals surface area contributed by atoms with Crippen LogP contribution in [0, 0.1) is 5.82 Å². The van der Waals surface area contributed by atoms with Crippen LogP contribution in [0.4, 0.5) is 10.1 Å². The number of benzene rings is 3. The van der Waals surface area contributed by atoms with Gasteiger partial charge < -0.3 is 10.2 Å². The van der Waals surface area contributed by atoms with Crippen molar-refractivity contribution in [3.63, 3.8) is 0 Å². The van der Waals surface area contributed by atoms with E-state index in [0.29, 0.717) is 5.02 Å². The molecule has 7 nitrogen and oxygen atoms in total. The van der Waals surface area contributed by atoms with Crippen molar-refractivity contribution in [1.82, 2.24) is 10.2 Å². The summed E-state index contributed by atoms with van der Waals surface area (Å²) in [5.74, 6) is -1.42. The van der Waals surface area contributed by atoms with Gasteiger partial charge >= 0.3 is 0 Å². The molecule has 0 saturated heterocycles. The van der Waals surface area contributed by atoms with Crippen LogP contribution in [0.5, 0.6) is 0 Å². The second-order valence-corrected chi connectivity index (χ2v) is 11.9. The second kappa shape index (κ2) is 12.6. The predicted octanol–water partition coefficient (Wildman–Crippen LogP) is 5.15. The third kappa shape index (κ3) is 7.16. The summed E-state index contributed by atoms with van der Waals surface area (Å²) in [5, 5.41) is 3.56. The van der Waals surface area contributed by atoms with E-state index in [9.17, 15) is 22.4 Å². The lowest BCUT2D eigenvalue weighted by Gasteiger charge is -2.32. The zero-order chi connectivity index (χ0) is 28.0. The molecule has 4 rings (SSSR count). The van der Waals surface area contributed by atoms with E-state index in [1.54, 1.807) is 49.4 Å². The number of halogens is 2. The van der Waals surface area contributed by atoms with Gasteiger partial charge in [0.05, 0.1) is 10.6 Å². The Hall–Kier alpha value is -3.43. The summed E-state index contributed by atoms with van der Waals surface area (Å²) in [6, 6.07) is 18.7. The molecule has 1 saturated carbocycles. The Morgan fingerprint density at radius 3 is 2.21 bits per heavy atom. The topological polar surface area (TPSA) is 86.8 Å². The van der Waals surface area contributed by atoms with Gasteiger partial charge in [0, 0.05) is 17.6 Å². The van der Waals surface area contributed by atoms with Gasteiger partial charge in [0.15, 0.2) is 0 Å². The number of rotatable bonds is 10. The molecule has 1 aliphatic carbocycles. The van der Waals surface area contributed by atoms with Gasteiger partial charge in [-0.3, -0.25) is 13.9 Å². The first-order chi connectivity index (χ1) is 18.6. The Morgan fingerprint density at radius 2 is 1.59 bits per heavy atom. The monoisotopic (exact) mass is 571 g/mol. The number of carbonyl (C=O) groups excluding carboxylic acids is 2. The molecule has 0 radical (unpaired) electrons. The number of hydrogen-bond acceptors (Lipinski definition) is 4. The Labute approximate surface area is 233 Å². The lowest BCUT2D eigenvalue weighted by molar-refractivity contribution is -0.139. The van der Waals surface area contributed by atoms with Gasteiger partial charge in [0.25, 0.3) is 10.0 Å². The summed E-state index contributed by atoms with van der Waals surface area (Å²) in [6.45, 7) is 1.11. The number of nitrogens with one attached hydrogen (secondary N) is 1. The molecule has 0 bridgehead atoms. The van der Waals surface area contributed by atoms with Gasteiger partial charge in [-0.1, -0.05) is 54.8 Å². The van der Waals surface area contributed by atoms with E-state index in [0.717, 1.165) is 47.7 Å². The fraction of sp³-hybridized carbons (Fsp3) is 0.310. The third-order valence-corrected chi connectivity index (χ3v) is 8.90. The second-order valence-electron chi connectivity index (χ2n) is 9.62. The fourth-order valence-electron chi connectivity index (χ4n) is 4.62. The van der Waals surface area contributed by atoms with Crippen molar-refractivity contribution in [2.45, 2.75) is 56.1 Å². The lowest BCUT2D eigenvalue weighted by Crippen LogP contribution is -2.52. The normalized spacial score (nSPS) is 14.5. The number of nitrogens with zero attached hydrogens (tertiary/aromatic N) is 2. The minimum atomic E-state index is -4.19. The minimum absolute atomic E-state index is 0.0154. The Morgan fingerprint density at radius 1 is 0.974 bits per heavy atom. The number of hydrogen-bond donors (Lipinski definition) is 1. The van der Waals surface area contributed by atoms with Gasteiger partial charge in [-0.25, -0.2) is 12.8 Å². The van der Waals surface area contributed by atoms with E-state index >= 15 is 0 Å². The summed E-state index contributed by atoms with van der Waals surface area (Å²) in [4.78, 5) is 28.4. The van der Waals surface area contributed by atoms with Crippen LogP contribution in [0.2, 0.25) is 5.02 Å². The van der Waals surface area contributed by atoms with Crippen LogP contribution in [-0.2, 0) is 26.2 Å².